The van der Waals surface area contributed by atoms with Gasteiger partial charge in [0.05, 0.1) is 0 Å². The quantitative estimate of drug-likeness (QED) is 0.443. The van der Waals surface area contributed by atoms with Crippen LogP contribution in [0.25, 0.3) is 0 Å². The predicted molar refractivity (Wildman–Crippen MR) is 67.0 cm³/mol. The van der Waals surface area contributed by atoms with Crippen molar-refractivity contribution in [2.24, 2.45) is 0 Å². The maximum atomic E-state index is 11.3. The molecule has 1 aliphatic rings. The summed E-state index contributed by atoms with van der Waals surface area (Å²) in [5.41, 5.74) is 0. The van der Waals surface area contributed by atoms with Gasteiger partial charge in [-0.15, -0.1) is 0 Å². The molecule has 5 heteroatoms. The number of cyclic esters (lactones) is 1. The fourth-order valence-electron chi connectivity index (χ4n) is 1.54. The highest BCUT2D eigenvalue weighted by Crippen LogP contribution is 2.41. The Morgan fingerprint density at radius 1 is 1.41 bits per heavy atom. The summed E-state index contributed by atoms with van der Waals surface area (Å²) in [5, 5.41) is -0.0210. The molecule has 0 amide bonds. The van der Waals surface area contributed by atoms with Crippen molar-refractivity contribution in [3.8, 4) is 0 Å². The Morgan fingerprint density at radius 2 is 2.00 bits per heavy atom. The van der Waals surface area contributed by atoms with Crippen molar-refractivity contribution in [1.29, 1.82) is 0 Å². The molecule has 1 rings (SSSR count). The van der Waals surface area contributed by atoms with E-state index < -0.39 is 14.1 Å². The second-order valence-electron chi connectivity index (χ2n) is 6.12. The second-order valence-corrected chi connectivity index (χ2v) is 10.8. The van der Waals surface area contributed by atoms with E-state index in [2.05, 4.69) is 20.8 Å². The highest BCUT2D eigenvalue weighted by atomic mass is 28.4. The molecule has 0 saturated carbocycles. The summed E-state index contributed by atoms with van der Waals surface area (Å²) >= 11 is 0. The highest BCUT2D eigenvalue weighted by molar-refractivity contribution is 6.74. The molecule has 0 aliphatic carbocycles. The zero-order valence-corrected chi connectivity index (χ0v) is 12.3. The SMILES string of the molecule is CC(C)(C)[Si](C)(C)OC1(C=O)CCCC(=O)O1. The first-order valence-electron chi connectivity index (χ1n) is 6.00. The maximum Gasteiger partial charge on any atom is 0.308 e. The van der Waals surface area contributed by atoms with E-state index in [-0.39, 0.29) is 11.0 Å². The van der Waals surface area contributed by atoms with E-state index in [9.17, 15) is 9.59 Å². The summed E-state index contributed by atoms with van der Waals surface area (Å²) in [6.45, 7) is 10.3. The van der Waals surface area contributed by atoms with Crippen molar-refractivity contribution in [3.05, 3.63) is 0 Å². The molecule has 0 bridgehead atoms. The zero-order chi connectivity index (χ0) is 13.3. The van der Waals surface area contributed by atoms with E-state index in [1.807, 2.05) is 13.1 Å². The number of rotatable bonds is 3. The largest absolute Gasteiger partial charge is 0.427 e. The normalized spacial score (nSPS) is 26.5. The van der Waals surface area contributed by atoms with Crippen molar-refractivity contribution >= 4 is 20.6 Å². The molecule has 1 heterocycles. The average molecular weight is 258 g/mol. The van der Waals surface area contributed by atoms with Crippen LogP contribution in [-0.4, -0.2) is 26.4 Å². The number of hydrogen-bond acceptors (Lipinski definition) is 4. The lowest BCUT2D eigenvalue weighted by Crippen LogP contribution is -2.54. The summed E-state index contributed by atoms with van der Waals surface area (Å²) in [6.07, 6.45) is 2.13. The van der Waals surface area contributed by atoms with Crippen LogP contribution in [0.1, 0.15) is 40.0 Å². The topological polar surface area (TPSA) is 52.6 Å². The van der Waals surface area contributed by atoms with Crippen LogP contribution in [0, 0.1) is 0 Å². The molecule has 0 radical (unpaired) electrons. The van der Waals surface area contributed by atoms with E-state index in [1.165, 1.54) is 0 Å². The van der Waals surface area contributed by atoms with Gasteiger partial charge in [0.25, 0.3) is 5.79 Å². The van der Waals surface area contributed by atoms with Crippen LogP contribution < -0.4 is 0 Å². The van der Waals surface area contributed by atoms with Gasteiger partial charge < -0.3 is 9.16 Å². The summed E-state index contributed by atoms with van der Waals surface area (Å²) in [4.78, 5) is 22.6. The molecule has 1 unspecified atom stereocenters. The number of esters is 1. The third kappa shape index (κ3) is 3.16. The van der Waals surface area contributed by atoms with Crippen molar-refractivity contribution in [2.75, 3.05) is 0 Å². The Hall–Kier alpha value is -0.683. The van der Waals surface area contributed by atoms with Gasteiger partial charge in [-0.25, -0.2) is 0 Å². The molecule has 4 nitrogen and oxygen atoms in total. The van der Waals surface area contributed by atoms with Crippen molar-refractivity contribution < 1.29 is 18.8 Å². The maximum absolute atomic E-state index is 11.3. The first-order valence-corrected chi connectivity index (χ1v) is 8.91. The number of hydrogen-bond donors (Lipinski definition) is 0. The number of aldehydes is 1. The van der Waals surface area contributed by atoms with Crippen molar-refractivity contribution in [1.82, 2.24) is 0 Å². The van der Waals surface area contributed by atoms with Gasteiger partial charge >= 0.3 is 5.97 Å². The molecule has 0 spiro atoms. The summed E-state index contributed by atoms with van der Waals surface area (Å²) < 4.78 is 11.1. The Labute approximate surface area is 104 Å². The Bertz CT molecular complexity index is 319. The van der Waals surface area contributed by atoms with Gasteiger partial charge in [0.15, 0.2) is 14.6 Å². The lowest BCUT2D eigenvalue weighted by atomic mass is 10.1. The third-order valence-corrected chi connectivity index (χ3v) is 8.07. The predicted octanol–water partition coefficient (Wildman–Crippen LogP) is 2.63. The fraction of sp³-hybridized carbons (Fsp3) is 0.833. The summed E-state index contributed by atoms with van der Waals surface area (Å²) in [5.74, 6) is -1.68. The Balaban J connectivity index is 2.89. The molecule has 0 aromatic carbocycles. The minimum atomic E-state index is -2.12. The van der Waals surface area contributed by atoms with Crippen molar-refractivity contribution in [2.45, 2.75) is 64.0 Å². The first kappa shape index (κ1) is 14.4. The fourth-order valence-corrected chi connectivity index (χ4v) is 2.90. The number of ether oxygens (including phenoxy) is 1. The second kappa shape index (κ2) is 4.53. The molecule has 1 atom stereocenters. The monoisotopic (exact) mass is 258 g/mol. The van der Waals surface area contributed by atoms with Crippen LogP contribution >= 0.6 is 0 Å². The van der Waals surface area contributed by atoms with E-state index in [0.717, 1.165) is 0 Å². The zero-order valence-electron chi connectivity index (χ0n) is 11.3. The van der Waals surface area contributed by atoms with Crippen LogP contribution in [0.5, 0.6) is 0 Å². The van der Waals surface area contributed by atoms with Gasteiger partial charge in [0.1, 0.15) is 0 Å². The van der Waals surface area contributed by atoms with Crippen LogP contribution in [-0.2, 0) is 18.8 Å². The van der Waals surface area contributed by atoms with Crippen LogP contribution in [0.4, 0.5) is 0 Å². The summed E-state index contributed by atoms with van der Waals surface area (Å²) in [7, 11) is -2.12. The standard InChI is InChI=1S/C12H22O4Si/c1-11(2,3)17(4,5)16-12(9-13)8-6-7-10(14)15-12/h9H,6-8H2,1-5H3. The smallest absolute Gasteiger partial charge is 0.308 e. The van der Waals surface area contributed by atoms with E-state index in [0.29, 0.717) is 25.5 Å². The van der Waals surface area contributed by atoms with E-state index >= 15 is 0 Å². The summed E-state index contributed by atoms with van der Waals surface area (Å²) in [6, 6.07) is 0. The lowest BCUT2D eigenvalue weighted by Gasteiger charge is -2.43. The van der Waals surface area contributed by atoms with Gasteiger partial charge in [-0.2, -0.15) is 0 Å². The Morgan fingerprint density at radius 3 is 2.41 bits per heavy atom. The minimum Gasteiger partial charge on any atom is -0.427 e. The highest BCUT2D eigenvalue weighted by Gasteiger charge is 2.48. The molecule has 0 N–H and O–H groups in total. The van der Waals surface area contributed by atoms with Gasteiger partial charge in [-0.3, -0.25) is 9.59 Å². The number of carbonyl (C=O) groups is 2. The number of carbonyl (C=O) groups excluding carboxylic acids is 2. The minimum absolute atomic E-state index is 0.0210. The molecular weight excluding hydrogens is 236 g/mol. The molecule has 17 heavy (non-hydrogen) atoms. The molecular formula is C12H22O4Si. The van der Waals surface area contributed by atoms with Gasteiger partial charge in [0.2, 0.25) is 0 Å². The molecule has 1 saturated heterocycles. The first-order chi connectivity index (χ1) is 7.62. The van der Waals surface area contributed by atoms with Crippen molar-refractivity contribution in [3.63, 3.8) is 0 Å². The average Bonchev–Trinajstić information content (AvgIpc) is 2.15. The van der Waals surface area contributed by atoms with Crippen LogP contribution in [0.15, 0.2) is 0 Å². The van der Waals surface area contributed by atoms with Crippen LogP contribution in [0.2, 0.25) is 18.1 Å². The molecule has 0 aromatic heterocycles. The Kier molecular flexibility index (Phi) is 3.83. The molecule has 1 aliphatic heterocycles. The molecule has 0 aromatic rings. The van der Waals surface area contributed by atoms with E-state index in [4.69, 9.17) is 9.16 Å². The molecule has 98 valence electrons. The lowest BCUT2D eigenvalue weighted by molar-refractivity contribution is -0.207. The van der Waals surface area contributed by atoms with Crippen LogP contribution in [0.3, 0.4) is 0 Å². The van der Waals surface area contributed by atoms with Gasteiger partial charge in [-0.05, 0) is 24.6 Å². The van der Waals surface area contributed by atoms with Gasteiger partial charge in [-0.1, -0.05) is 20.8 Å². The van der Waals surface area contributed by atoms with E-state index in [1.54, 1.807) is 0 Å². The third-order valence-electron chi connectivity index (χ3n) is 3.61. The van der Waals surface area contributed by atoms with Gasteiger partial charge in [0, 0.05) is 12.8 Å². The molecule has 1 fully saturated rings.